The number of carbonyl (C=O) groups is 1. The van der Waals surface area contributed by atoms with Crippen molar-refractivity contribution in [2.45, 2.75) is 19.8 Å². The van der Waals surface area contributed by atoms with Crippen molar-refractivity contribution in [1.82, 2.24) is 10.3 Å². The van der Waals surface area contributed by atoms with Gasteiger partial charge in [0, 0.05) is 16.6 Å². The van der Waals surface area contributed by atoms with Crippen LogP contribution in [0.2, 0.25) is 0 Å². The molecule has 7 heteroatoms. The summed E-state index contributed by atoms with van der Waals surface area (Å²) in [4.78, 5) is 17.1. The van der Waals surface area contributed by atoms with E-state index in [-0.39, 0.29) is 10.9 Å². The maximum atomic E-state index is 12.5. The predicted octanol–water partition coefficient (Wildman–Crippen LogP) is 6.49. The Morgan fingerprint density at radius 2 is 1.73 bits per heavy atom. The second-order valence-corrected chi connectivity index (χ2v) is 8.44. The minimum atomic E-state index is -0.410. The summed E-state index contributed by atoms with van der Waals surface area (Å²) >= 11 is 5.28. The maximum absolute atomic E-state index is 12.5. The van der Waals surface area contributed by atoms with Crippen LogP contribution >= 0.6 is 12.2 Å². The van der Waals surface area contributed by atoms with Crippen molar-refractivity contribution < 1.29 is 13.6 Å². The van der Waals surface area contributed by atoms with Crippen LogP contribution in [0.4, 0.5) is 5.69 Å². The summed E-state index contributed by atoms with van der Waals surface area (Å²) in [6.45, 7) is 4.30. The Morgan fingerprint density at radius 1 is 0.939 bits per heavy atom. The van der Waals surface area contributed by atoms with Crippen LogP contribution in [0.5, 0.6) is 0 Å². The first-order valence-electron chi connectivity index (χ1n) is 10.6. The molecule has 0 unspecified atom stereocenters. The van der Waals surface area contributed by atoms with Gasteiger partial charge in [-0.1, -0.05) is 38.1 Å². The Bertz CT molecular complexity index is 1450. The number of thiocarbonyl (C=S) groups is 1. The molecule has 0 aliphatic carbocycles. The van der Waals surface area contributed by atoms with E-state index < -0.39 is 5.91 Å². The van der Waals surface area contributed by atoms with Crippen LogP contribution in [0.25, 0.3) is 33.5 Å². The van der Waals surface area contributed by atoms with Crippen molar-refractivity contribution in [3.63, 3.8) is 0 Å². The molecule has 0 radical (unpaired) electrons. The van der Waals surface area contributed by atoms with Crippen LogP contribution in [0.3, 0.4) is 0 Å². The van der Waals surface area contributed by atoms with Crippen molar-refractivity contribution in [2.24, 2.45) is 0 Å². The number of benzene rings is 3. The van der Waals surface area contributed by atoms with Crippen molar-refractivity contribution in [3.8, 4) is 11.5 Å². The molecule has 0 saturated carbocycles. The lowest BCUT2D eigenvalue weighted by molar-refractivity contribution is 0.0953. The molecule has 6 nitrogen and oxygen atoms in total. The molecule has 3 aromatic carbocycles. The van der Waals surface area contributed by atoms with Crippen molar-refractivity contribution in [3.05, 3.63) is 84.1 Å². The van der Waals surface area contributed by atoms with Crippen molar-refractivity contribution in [2.75, 3.05) is 5.32 Å². The Balaban J connectivity index is 1.26. The quantitative estimate of drug-likeness (QED) is 0.302. The fraction of sp³-hybridized carbons (Fsp3) is 0.115. The highest BCUT2D eigenvalue weighted by atomic mass is 32.1. The van der Waals surface area contributed by atoms with Gasteiger partial charge < -0.3 is 14.2 Å². The maximum Gasteiger partial charge on any atom is 0.293 e. The predicted molar refractivity (Wildman–Crippen MR) is 133 cm³/mol. The van der Waals surface area contributed by atoms with Gasteiger partial charge >= 0.3 is 0 Å². The average Bonchev–Trinajstić information content (AvgIpc) is 3.43. The number of oxazole rings is 1. The van der Waals surface area contributed by atoms with E-state index in [1.165, 1.54) is 5.56 Å². The minimum absolute atomic E-state index is 0.177. The fourth-order valence-corrected chi connectivity index (χ4v) is 3.75. The molecule has 33 heavy (non-hydrogen) atoms. The summed E-state index contributed by atoms with van der Waals surface area (Å²) in [5.74, 6) is 0.772. The minimum Gasteiger partial charge on any atom is -0.451 e. The van der Waals surface area contributed by atoms with E-state index in [1.54, 1.807) is 6.07 Å². The third-order valence-corrected chi connectivity index (χ3v) is 5.55. The number of amides is 1. The highest BCUT2D eigenvalue weighted by Crippen LogP contribution is 2.27. The number of nitrogens with one attached hydrogen (secondary N) is 2. The monoisotopic (exact) mass is 455 g/mol. The Labute approximate surface area is 195 Å². The zero-order valence-corrected chi connectivity index (χ0v) is 18.9. The fourth-order valence-electron chi connectivity index (χ4n) is 3.54. The summed E-state index contributed by atoms with van der Waals surface area (Å²) in [5, 5.41) is 6.68. The zero-order chi connectivity index (χ0) is 22.9. The molecule has 5 rings (SSSR count). The summed E-state index contributed by atoms with van der Waals surface area (Å²) < 4.78 is 11.5. The standard InChI is InChI=1S/C26H21N3O3S/c1-15(2)17-9-12-22-20(13-17)28-25(32-22)16-7-10-19(11-8-16)27-26(33)29-24(30)23-14-18-5-3-4-6-21(18)31-23/h3-15H,1-2H3,(H2,27,29,30,33). The smallest absolute Gasteiger partial charge is 0.293 e. The van der Waals surface area contributed by atoms with Gasteiger partial charge in [-0.2, -0.15) is 0 Å². The number of fused-ring (bicyclic) bond motifs is 2. The van der Waals surface area contributed by atoms with Gasteiger partial charge in [-0.15, -0.1) is 0 Å². The van der Waals surface area contributed by atoms with E-state index in [2.05, 4.69) is 41.6 Å². The molecule has 0 atom stereocenters. The van der Waals surface area contributed by atoms with Crippen molar-refractivity contribution in [1.29, 1.82) is 0 Å². The topological polar surface area (TPSA) is 80.3 Å². The molecule has 0 saturated heterocycles. The van der Waals surface area contributed by atoms with Crippen LogP contribution in [-0.2, 0) is 0 Å². The van der Waals surface area contributed by atoms with E-state index in [1.807, 2.05) is 54.6 Å². The van der Waals surface area contributed by atoms with Gasteiger partial charge in [-0.25, -0.2) is 4.98 Å². The molecule has 2 N–H and O–H groups in total. The number of aromatic nitrogens is 1. The Kier molecular flexibility index (Phi) is 5.40. The third kappa shape index (κ3) is 4.36. The molecule has 2 heterocycles. The number of furan rings is 1. The number of hydrogen-bond donors (Lipinski definition) is 2. The summed E-state index contributed by atoms with van der Waals surface area (Å²) in [6.07, 6.45) is 0. The van der Waals surface area contributed by atoms with E-state index in [0.717, 1.165) is 27.7 Å². The summed E-state index contributed by atoms with van der Waals surface area (Å²) in [5.41, 5.74) is 5.04. The van der Waals surface area contributed by atoms with Gasteiger partial charge in [-0.3, -0.25) is 10.1 Å². The normalized spacial score (nSPS) is 11.2. The number of nitrogens with zero attached hydrogens (tertiary/aromatic N) is 1. The molecule has 5 aromatic rings. The first-order valence-corrected chi connectivity index (χ1v) is 11.0. The molecular formula is C26H21N3O3S. The largest absolute Gasteiger partial charge is 0.451 e. The molecule has 1 amide bonds. The van der Waals surface area contributed by atoms with E-state index in [9.17, 15) is 4.79 Å². The van der Waals surface area contributed by atoms with Crippen LogP contribution < -0.4 is 10.6 Å². The van der Waals surface area contributed by atoms with Gasteiger partial charge in [0.15, 0.2) is 16.5 Å². The van der Waals surface area contributed by atoms with Crippen LogP contribution in [-0.4, -0.2) is 16.0 Å². The van der Waals surface area contributed by atoms with Gasteiger partial charge in [0.2, 0.25) is 5.89 Å². The van der Waals surface area contributed by atoms with Crippen LogP contribution in [0.1, 0.15) is 35.9 Å². The van der Waals surface area contributed by atoms with E-state index in [4.69, 9.17) is 21.1 Å². The third-order valence-electron chi connectivity index (χ3n) is 5.34. The lowest BCUT2D eigenvalue weighted by Crippen LogP contribution is -2.33. The Hall–Kier alpha value is -3.97. The summed E-state index contributed by atoms with van der Waals surface area (Å²) in [6, 6.07) is 22.7. The van der Waals surface area contributed by atoms with Crippen LogP contribution in [0, 0.1) is 0 Å². The van der Waals surface area contributed by atoms with E-state index in [0.29, 0.717) is 17.4 Å². The van der Waals surface area contributed by atoms with Crippen LogP contribution in [0.15, 0.2) is 81.6 Å². The lowest BCUT2D eigenvalue weighted by Gasteiger charge is -2.08. The molecule has 0 fully saturated rings. The van der Waals surface area contributed by atoms with Gasteiger partial charge in [-0.05, 0) is 72.2 Å². The Morgan fingerprint density at radius 3 is 2.48 bits per heavy atom. The average molecular weight is 456 g/mol. The number of anilines is 1. The second kappa shape index (κ2) is 8.52. The number of carbonyl (C=O) groups excluding carboxylic acids is 1. The van der Waals surface area contributed by atoms with Crippen molar-refractivity contribution >= 4 is 51.0 Å². The lowest BCUT2D eigenvalue weighted by atomic mass is 10.0. The zero-order valence-electron chi connectivity index (χ0n) is 18.1. The van der Waals surface area contributed by atoms with E-state index >= 15 is 0 Å². The molecule has 0 spiro atoms. The molecule has 0 bridgehead atoms. The SMILES string of the molecule is CC(C)c1ccc2oc(-c3ccc(NC(=S)NC(=O)c4cc5ccccc5o4)cc3)nc2c1. The van der Waals surface area contributed by atoms with Gasteiger partial charge in [0.05, 0.1) is 0 Å². The number of rotatable bonds is 4. The number of para-hydroxylation sites is 1. The van der Waals surface area contributed by atoms with Gasteiger partial charge in [0.25, 0.3) is 5.91 Å². The first-order chi connectivity index (χ1) is 16.0. The highest BCUT2D eigenvalue weighted by Gasteiger charge is 2.14. The number of hydrogen-bond acceptors (Lipinski definition) is 5. The molecule has 0 aliphatic rings. The molecule has 0 aliphatic heterocycles. The first kappa shape index (κ1) is 20.9. The molecular weight excluding hydrogens is 434 g/mol. The molecule has 2 aromatic heterocycles. The van der Waals surface area contributed by atoms with Gasteiger partial charge in [0.1, 0.15) is 11.1 Å². The molecule has 164 valence electrons. The summed E-state index contributed by atoms with van der Waals surface area (Å²) in [7, 11) is 0. The second-order valence-electron chi connectivity index (χ2n) is 8.03. The highest BCUT2D eigenvalue weighted by molar-refractivity contribution is 7.80.